The summed E-state index contributed by atoms with van der Waals surface area (Å²) in [6.07, 6.45) is 0.888. The van der Waals surface area contributed by atoms with E-state index in [9.17, 15) is 4.39 Å². The SMILES string of the molecule is C=C(C)CC(NCC)c1ccc(F)cc1. The van der Waals surface area contributed by atoms with Crippen molar-refractivity contribution >= 4 is 0 Å². The lowest BCUT2D eigenvalue weighted by Gasteiger charge is -2.18. The van der Waals surface area contributed by atoms with Gasteiger partial charge in [0, 0.05) is 6.04 Å². The second kappa shape index (κ2) is 5.66. The lowest BCUT2D eigenvalue weighted by Crippen LogP contribution is -2.21. The summed E-state index contributed by atoms with van der Waals surface area (Å²) in [4.78, 5) is 0. The highest BCUT2D eigenvalue weighted by atomic mass is 19.1. The second-order valence-electron chi connectivity index (χ2n) is 3.82. The van der Waals surface area contributed by atoms with Crippen molar-refractivity contribution in [3.63, 3.8) is 0 Å². The van der Waals surface area contributed by atoms with Gasteiger partial charge in [-0.2, -0.15) is 0 Å². The van der Waals surface area contributed by atoms with Crippen molar-refractivity contribution in [2.75, 3.05) is 6.54 Å². The van der Waals surface area contributed by atoms with Crippen molar-refractivity contribution in [3.8, 4) is 0 Å². The fraction of sp³-hybridized carbons (Fsp3) is 0.385. The first kappa shape index (κ1) is 11.9. The van der Waals surface area contributed by atoms with Gasteiger partial charge >= 0.3 is 0 Å². The van der Waals surface area contributed by atoms with Gasteiger partial charge in [0.2, 0.25) is 0 Å². The molecule has 15 heavy (non-hydrogen) atoms. The van der Waals surface area contributed by atoms with Gasteiger partial charge in [0.1, 0.15) is 5.82 Å². The monoisotopic (exact) mass is 207 g/mol. The molecule has 0 aliphatic carbocycles. The van der Waals surface area contributed by atoms with Crippen LogP contribution in [0, 0.1) is 5.82 Å². The van der Waals surface area contributed by atoms with Crippen LogP contribution in [0.5, 0.6) is 0 Å². The van der Waals surface area contributed by atoms with Gasteiger partial charge in [0.15, 0.2) is 0 Å². The van der Waals surface area contributed by atoms with Crippen LogP contribution in [0.4, 0.5) is 4.39 Å². The molecule has 0 spiro atoms. The van der Waals surface area contributed by atoms with Crippen LogP contribution < -0.4 is 5.32 Å². The summed E-state index contributed by atoms with van der Waals surface area (Å²) in [6.45, 7) is 8.88. The standard InChI is InChI=1S/C13H18FN/c1-4-15-13(9-10(2)3)11-5-7-12(14)8-6-11/h5-8,13,15H,2,4,9H2,1,3H3. The molecule has 1 aromatic rings. The maximum atomic E-state index is 12.8. The number of halogens is 1. The molecule has 0 aromatic heterocycles. The molecule has 1 unspecified atom stereocenters. The molecular weight excluding hydrogens is 189 g/mol. The van der Waals surface area contributed by atoms with E-state index in [4.69, 9.17) is 0 Å². The van der Waals surface area contributed by atoms with Crippen LogP contribution in [0.2, 0.25) is 0 Å². The summed E-state index contributed by atoms with van der Waals surface area (Å²) in [5.74, 6) is -0.190. The molecule has 82 valence electrons. The molecule has 0 aliphatic rings. The zero-order valence-corrected chi connectivity index (χ0v) is 9.39. The van der Waals surface area contributed by atoms with Gasteiger partial charge in [0.05, 0.1) is 0 Å². The van der Waals surface area contributed by atoms with Gasteiger partial charge in [-0.15, -0.1) is 6.58 Å². The Morgan fingerprint density at radius 2 is 2.00 bits per heavy atom. The van der Waals surface area contributed by atoms with Gasteiger partial charge < -0.3 is 5.32 Å². The molecule has 0 saturated heterocycles. The highest BCUT2D eigenvalue weighted by molar-refractivity contribution is 5.21. The van der Waals surface area contributed by atoms with E-state index in [0.717, 1.165) is 24.1 Å². The zero-order valence-electron chi connectivity index (χ0n) is 9.39. The lowest BCUT2D eigenvalue weighted by atomic mass is 10.0. The Morgan fingerprint density at radius 3 is 2.47 bits per heavy atom. The van der Waals surface area contributed by atoms with Gasteiger partial charge in [-0.25, -0.2) is 4.39 Å². The Bertz CT molecular complexity index is 316. The molecule has 0 aliphatic heterocycles. The van der Waals surface area contributed by atoms with Crippen LogP contribution in [0.15, 0.2) is 36.4 Å². The molecule has 2 heteroatoms. The Hall–Kier alpha value is -1.15. The van der Waals surface area contributed by atoms with Crippen LogP contribution in [0.3, 0.4) is 0 Å². The maximum absolute atomic E-state index is 12.8. The number of hydrogen-bond acceptors (Lipinski definition) is 1. The topological polar surface area (TPSA) is 12.0 Å². The Kier molecular flexibility index (Phi) is 4.50. The number of nitrogens with one attached hydrogen (secondary N) is 1. The molecule has 0 bridgehead atoms. The quantitative estimate of drug-likeness (QED) is 0.729. The van der Waals surface area contributed by atoms with Crippen LogP contribution >= 0.6 is 0 Å². The molecule has 1 rings (SSSR count). The minimum atomic E-state index is -0.190. The van der Waals surface area contributed by atoms with Gasteiger partial charge in [0.25, 0.3) is 0 Å². The average molecular weight is 207 g/mol. The molecule has 0 radical (unpaired) electrons. The highest BCUT2D eigenvalue weighted by Crippen LogP contribution is 2.20. The summed E-state index contributed by atoms with van der Waals surface area (Å²) in [5, 5.41) is 3.37. The van der Waals surface area contributed by atoms with Crippen LogP contribution in [0.1, 0.15) is 31.9 Å². The van der Waals surface area contributed by atoms with E-state index in [1.54, 1.807) is 0 Å². The van der Waals surface area contributed by atoms with Crippen molar-refractivity contribution in [2.24, 2.45) is 0 Å². The Labute approximate surface area is 91.0 Å². The average Bonchev–Trinajstić information content (AvgIpc) is 2.17. The van der Waals surface area contributed by atoms with Crippen molar-refractivity contribution in [1.29, 1.82) is 0 Å². The first-order valence-corrected chi connectivity index (χ1v) is 5.26. The Balaban J connectivity index is 2.78. The molecule has 1 atom stereocenters. The molecule has 1 nitrogen and oxygen atoms in total. The van der Waals surface area contributed by atoms with Crippen molar-refractivity contribution in [3.05, 3.63) is 47.8 Å². The molecule has 0 fully saturated rings. The van der Waals surface area contributed by atoms with E-state index < -0.39 is 0 Å². The largest absolute Gasteiger partial charge is 0.310 e. The maximum Gasteiger partial charge on any atom is 0.123 e. The van der Waals surface area contributed by atoms with Crippen molar-refractivity contribution in [1.82, 2.24) is 5.32 Å². The molecule has 1 N–H and O–H groups in total. The minimum absolute atomic E-state index is 0.190. The molecule has 0 amide bonds. The number of benzene rings is 1. The van der Waals surface area contributed by atoms with E-state index in [-0.39, 0.29) is 11.9 Å². The van der Waals surface area contributed by atoms with Gasteiger partial charge in [-0.1, -0.05) is 24.6 Å². The van der Waals surface area contributed by atoms with Crippen LogP contribution in [-0.2, 0) is 0 Å². The van der Waals surface area contributed by atoms with Gasteiger partial charge in [-0.3, -0.25) is 0 Å². The summed E-state index contributed by atoms with van der Waals surface area (Å²) < 4.78 is 12.8. The zero-order chi connectivity index (χ0) is 11.3. The third kappa shape index (κ3) is 3.84. The first-order chi connectivity index (χ1) is 7.13. The van der Waals surface area contributed by atoms with E-state index in [1.165, 1.54) is 12.1 Å². The first-order valence-electron chi connectivity index (χ1n) is 5.26. The third-order valence-corrected chi connectivity index (χ3v) is 2.28. The normalized spacial score (nSPS) is 12.5. The summed E-state index contributed by atoms with van der Waals surface area (Å²) >= 11 is 0. The number of hydrogen-bond donors (Lipinski definition) is 1. The van der Waals surface area contributed by atoms with Crippen LogP contribution in [0.25, 0.3) is 0 Å². The second-order valence-corrected chi connectivity index (χ2v) is 3.82. The van der Waals surface area contributed by atoms with E-state index in [1.807, 2.05) is 19.1 Å². The van der Waals surface area contributed by atoms with Crippen LogP contribution in [-0.4, -0.2) is 6.54 Å². The fourth-order valence-corrected chi connectivity index (χ4v) is 1.60. The summed E-state index contributed by atoms with van der Waals surface area (Å²) in [6, 6.07) is 6.89. The predicted octanol–water partition coefficient (Wildman–Crippen LogP) is 3.44. The highest BCUT2D eigenvalue weighted by Gasteiger charge is 2.09. The molecule has 0 heterocycles. The summed E-state index contributed by atoms with van der Waals surface area (Å²) in [5.41, 5.74) is 2.24. The van der Waals surface area contributed by atoms with E-state index in [2.05, 4.69) is 18.8 Å². The number of rotatable bonds is 5. The van der Waals surface area contributed by atoms with Crippen molar-refractivity contribution in [2.45, 2.75) is 26.3 Å². The lowest BCUT2D eigenvalue weighted by molar-refractivity contribution is 0.546. The van der Waals surface area contributed by atoms with E-state index >= 15 is 0 Å². The minimum Gasteiger partial charge on any atom is -0.310 e. The van der Waals surface area contributed by atoms with E-state index in [0.29, 0.717) is 0 Å². The molecule has 1 aromatic carbocycles. The molecule has 0 saturated carbocycles. The fourth-order valence-electron chi connectivity index (χ4n) is 1.60. The predicted molar refractivity (Wildman–Crippen MR) is 62.2 cm³/mol. The van der Waals surface area contributed by atoms with Crippen molar-refractivity contribution < 1.29 is 4.39 Å². The van der Waals surface area contributed by atoms with Gasteiger partial charge in [-0.05, 0) is 37.6 Å². The third-order valence-electron chi connectivity index (χ3n) is 2.28. The molecular formula is C13H18FN. The summed E-state index contributed by atoms with van der Waals surface area (Å²) in [7, 11) is 0. The Morgan fingerprint density at radius 1 is 1.40 bits per heavy atom. The smallest absolute Gasteiger partial charge is 0.123 e.